The normalized spacial score (nSPS) is 11.9. The van der Waals surface area contributed by atoms with Crippen molar-refractivity contribution in [1.82, 2.24) is 5.32 Å². The van der Waals surface area contributed by atoms with E-state index in [4.69, 9.17) is 10.5 Å². The highest BCUT2D eigenvalue weighted by atomic mass is 16.5. The number of carbonyl (C=O) groups is 1. The van der Waals surface area contributed by atoms with Crippen LogP contribution in [0.2, 0.25) is 0 Å². The van der Waals surface area contributed by atoms with E-state index in [1.54, 1.807) is 12.1 Å². The minimum absolute atomic E-state index is 0.0799. The Morgan fingerprint density at radius 2 is 2.26 bits per heavy atom. The summed E-state index contributed by atoms with van der Waals surface area (Å²) in [6.07, 6.45) is 1.84. The molecule has 0 aliphatic carbocycles. The number of nitrogens with two attached hydrogens (primary N) is 1. The molecule has 1 rings (SSSR count). The van der Waals surface area contributed by atoms with Gasteiger partial charge in [-0.05, 0) is 31.0 Å². The van der Waals surface area contributed by atoms with Gasteiger partial charge in [0.15, 0.2) is 0 Å². The van der Waals surface area contributed by atoms with Crippen LogP contribution in [0.5, 0.6) is 11.5 Å². The summed E-state index contributed by atoms with van der Waals surface area (Å²) in [5.41, 5.74) is 5.77. The molecule has 19 heavy (non-hydrogen) atoms. The summed E-state index contributed by atoms with van der Waals surface area (Å²) in [4.78, 5) is 11.9. The van der Waals surface area contributed by atoms with Crippen molar-refractivity contribution in [2.45, 2.75) is 19.8 Å². The predicted octanol–water partition coefficient (Wildman–Crippen LogP) is 1.51. The molecule has 0 aliphatic rings. The number of ether oxygens (including phenoxy) is 1. The third-order valence-electron chi connectivity index (χ3n) is 3.15. The number of hydrogen-bond donors (Lipinski definition) is 3. The average Bonchev–Trinajstić information content (AvgIpc) is 2.42. The third-order valence-corrected chi connectivity index (χ3v) is 3.15. The average molecular weight is 266 g/mol. The van der Waals surface area contributed by atoms with Crippen LogP contribution < -0.4 is 15.8 Å². The van der Waals surface area contributed by atoms with Crippen LogP contribution in [0.15, 0.2) is 18.2 Å². The zero-order valence-corrected chi connectivity index (χ0v) is 11.5. The van der Waals surface area contributed by atoms with E-state index in [0.29, 0.717) is 24.8 Å². The fourth-order valence-corrected chi connectivity index (χ4v) is 1.85. The molecule has 1 atom stereocenters. The van der Waals surface area contributed by atoms with E-state index in [1.807, 2.05) is 0 Å². The molecule has 4 N–H and O–H groups in total. The molecule has 1 unspecified atom stereocenters. The van der Waals surface area contributed by atoms with Crippen molar-refractivity contribution in [3.8, 4) is 11.5 Å². The standard InChI is InChI=1S/C14H22N2O3/c1-3-10(6-7-15)9-16-14(18)12-5-4-11(19-2)8-13(12)17/h4-5,8,10,17H,3,6-7,9,15H2,1-2H3,(H,16,18). The maximum atomic E-state index is 11.9. The van der Waals surface area contributed by atoms with E-state index in [9.17, 15) is 9.90 Å². The van der Waals surface area contributed by atoms with Gasteiger partial charge >= 0.3 is 0 Å². The Balaban J connectivity index is 2.63. The third kappa shape index (κ3) is 4.44. The van der Waals surface area contributed by atoms with Crippen LogP contribution in [-0.4, -0.2) is 31.2 Å². The number of phenols is 1. The summed E-state index contributed by atoms with van der Waals surface area (Å²) in [7, 11) is 1.51. The monoisotopic (exact) mass is 266 g/mol. The second kappa shape index (κ2) is 7.63. The summed E-state index contributed by atoms with van der Waals surface area (Å²) >= 11 is 0. The molecular formula is C14H22N2O3. The first kappa shape index (κ1) is 15.3. The lowest BCUT2D eigenvalue weighted by Crippen LogP contribution is -2.30. The van der Waals surface area contributed by atoms with E-state index in [1.165, 1.54) is 13.2 Å². The molecule has 1 amide bonds. The summed E-state index contributed by atoms with van der Waals surface area (Å²) in [5.74, 6) is 0.525. The van der Waals surface area contributed by atoms with Gasteiger partial charge in [-0.25, -0.2) is 0 Å². The molecule has 1 aromatic rings. The van der Waals surface area contributed by atoms with Gasteiger partial charge in [0.25, 0.3) is 5.91 Å². The Bertz CT molecular complexity index is 421. The molecule has 0 radical (unpaired) electrons. The van der Waals surface area contributed by atoms with Crippen molar-refractivity contribution < 1.29 is 14.6 Å². The number of rotatable bonds is 7. The number of aromatic hydroxyl groups is 1. The van der Waals surface area contributed by atoms with Crippen molar-refractivity contribution in [1.29, 1.82) is 0 Å². The Kier molecular flexibility index (Phi) is 6.15. The fraction of sp³-hybridized carbons (Fsp3) is 0.500. The molecule has 0 saturated heterocycles. The lowest BCUT2D eigenvalue weighted by molar-refractivity contribution is 0.0943. The van der Waals surface area contributed by atoms with Crippen LogP contribution in [0.3, 0.4) is 0 Å². The van der Waals surface area contributed by atoms with Crippen LogP contribution in [0.25, 0.3) is 0 Å². The van der Waals surface area contributed by atoms with Crippen LogP contribution in [-0.2, 0) is 0 Å². The van der Waals surface area contributed by atoms with E-state index < -0.39 is 0 Å². The Morgan fingerprint density at radius 3 is 2.79 bits per heavy atom. The zero-order valence-electron chi connectivity index (χ0n) is 11.5. The molecule has 5 heteroatoms. The van der Waals surface area contributed by atoms with Crippen molar-refractivity contribution in [3.05, 3.63) is 23.8 Å². The van der Waals surface area contributed by atoms with Gasteiger partial charge in [-0.2, -0.15) is 0 Å². The highest BCUT2D eigenvalue weighted by molar-refractivity contribution is 5.96. The summed E-state index contributed by atoms with van der Waals surface area (Å²) in [6, 6.07) is 4.62. The molecule has 0 saturated carbocycles. The topological polar surface area (TPSA) is 84.6 Å². The first-order chi connectivity index (χ1) is 9.12. The Morgan fingerprint density at radius 1 is 1.53 bits per heavy atom. The lowest BCUT2D eigenvalue weighted by Gasteiger charge is -2.15. The van der Waals surface area contributed by atoms with E-state index in [0.717, 1.165) is 12.8 Å². The molecule has 0 aliphatic heterocycles. The number of amides is 1. The summed E-state index contributed by atoms with van der Waals surface area (Å²) in [5, 5.41) is 12.6. The van der Waals surface area contributed by atoms with Gasteiger partial charge < -0.3 is 20.9 Å². The smallest absolute Gasteiger partial charge is 0.255 e. The van der Waals surface area contributed by atoms with Crippen molar-refractivity contribution in [3.63, 3.8) is 0 Å². The lowest BCUT2D eigenvalue weighted by atomic mass is 10.0. The molecule has 106 valence electrons. The van der Waals surface area contributed by atoms with Gasteiger partial charge in [-0.3, -0.25) is 4.79 Å². The number of benzene rings is 1. The van der Waals surface area contributed by atoms with Gasteiger partial charge in [-0.15, -0.1) is 0 Å². The summed E-state index contributed by atoms with van der Waals surface area (Å²) in [6.45, 7) is 3.25. The minimum atomic E-state index is -0.282. The number of phenolic OH excluding ortho intramolecular Hbond substituents is 1. The molecule has 0 spiro atoms. The number of methoxy groups -OCH3 is 1. The maximum absolute atomic E-state index is 11.9. The van der Waals surface area contributed by atoms with Crippen molar-refractivity contribution in [2.24, 2.45) is 11.7 Å². The summed E-state index contributed by atoms with van der Waals surface area (Å²) < 4.78 is 4.97. The molecule has 0 heterocycles. The van der Waals surface area contributed by atoms with Crippen LogP contribution >= 0.6 is 0 Å². The zero-order chi connectivity index (χ0) is 14.3. The quantitative estimate of drug-likeness (QED) is 0.698. The van der Waals surface area contributed by atoms with Crippen molar-refractivity contribution >= 4 is 5.91 Å². The van der Waals surface area contributed by atoms with Gasteiger partial charge in [0.1, 0.15) is 11.5 Å². The fourth-order valence-electron chi connectivity index (χ4n) is 1.85. The molecule has 0 aromatic heterocycles. The van der Waals surface area contributed by atoms with Gasteiger partial charge in [0.05, 0.1) is 12.7 Å². The van der Waals surface area contributed by atoms with E-state index in [2.05, 4.69) is 12.2 Å². The van der Waals surface area contributed by atoms with Gasteiger partial charge in [-0.1, -0.05) is 13.3 Å². The second-order valence-corrected chi connectivity index (χ2v) is 4.44. The first-order valence-electron chi connectivity index (χ1n) is 6.47. The first-order valence-corrected chi connectivity index (χ1v) is 6.47. The maximum Gasteiger partial charge on any atom is 0.255 e. The number of nitrogens with one attached hydrogen (secondary N) is 1. The molecule has 5 nitrogen and oxygen atoms in total. The van der Waals surface area contributed by atoms with Crippen LogP contribution in [0.4, 0.5) is 0 Å². The molecule has 1 aromatic carbocycles. The highest BCUT2D eigenvalue weighted by Gasteiger charge is 2.13. The largest absolute Gasteiger partial charge is 0.507 e. The Labute approximate surface area is 113 Å². The molecular weight excluding hydrogens is 244 g/mol. The minimum Gasteiger partial charge on any atom is -0.507 e. The molecule has 0 bridgehead atoms. The number of carbonyl (C=O) groups excluding carboxylic acids is 1. The number of hydrogen-bond acceptors (Lipinski definition) is 4. The Hall–Kier alpha value is -1.75. The van der Waals surface area contributed by atoms with Gasteiger partial charge in [0, 0.05) is 12.6 Å². The van der Waals surface area contributed by atoms with E-state index in [-0.39, 0.29) is 17.2 Å². The van der Waals surface area contributed by atoms with Gasteiger partial charge in [0.2, 0.25) is 0 Å². The molecule has 0 fully saturated rings. The SMILES string of the molecule is CCC(CCN)CNC(=O)c1ccc(OC)cc1O. The van der Waals surface area contributed by atoms with Crippen LogP contribution in [0.1, 0.15) is 30.1 Å². The van der Waals surface area contributed by atoms with Crippen molar-refractivity contribution in [2.75, 3.05) is 20.2 Å². The predicted molar refractivity (Wildman–Crippen MR) is 74.4 cm³/mol. The van der Waals surface area contributed by atoms with Crippen LogP contribution in [0, 0.1) is 5.92 Å². The van der Waals surface area contributed by atoms with E-state index >= 15 is 0 Å². The second-order valence-electron chi connectivity index (χ2n) is 4.44. The highest BCUT2D eigenvalue weighted by Crippen LogP contribution is 2.23.